The quantitative estimate of drug-likeness (QED) is 0.714. The highest BCUT2D eigenvalue weighted by atomic mass is 19.3. The van der Waals surface area contributed by atoms with E-state index in [1.165, 1.54) is 0 Å². The number of nitriles is 1. The molecule has 1 saturated heterocycles. The molecule has 2 amide bonds. The zero-order valence-corrected chi connectivity index (χ0v) is 18.2. The minimum Gasteiger partial charge on any atom is -0.484 e. The van der Waals surface area contributed by atoms with E-state index in [-0.39, 0.29) is 24.8 Å². The summed E-state index contributed by atoms with van der Waals surface area (Å²) in [6, 6.07) is 10.5. The third kappa shape index (κ3) is 5.28. The number of pyridine rings is 1. The van der Waals surface area contributed by atoms with Crippen LogP contribution in [0.25, 0.3) is 11.1 Å². The Bertz CT molecular complexity index is 1110. The monoisotopic (exact) mass is 454 g/mol. The highest BCUT2D eigenvalue weighted by molar-refractivity contribution is 5.93. The van der Waals surface area contributed by atoms with Gasteiger partial charge in [-0.05, 0) is 60.7 Å². The van der Waals surface area contributed by atoms with E-state index in [2.05, 4.69) is 10.3 Å². The number of hydrogen-bond acceptors (Lipinski definition) is 5. The molecule has 2 aliphatic rings. The Kier molecular flexibility index (Phi) is 6.27. The van der Waals surface area contributed by atoms with Gasteiger partial charge in [-0.2, -0.15) is 5.26 Å². The number of ether oxygens (including phenoxy) is 1. The van der Waals surface area contributed by atoms with Crippen LogP contribution >= 0.6 is 0 Å². The first-order chi connectivity index (χ1) is 15.8. The number of nitrogens with one attached hydrogen (secondary N) is 1. The zero-order valence-electron chi connectivity index (χ0n) is 18.2. The van der Waals surface area contributed by atoms with E-state index >= 15 is 0 Å². The number of rotatable bonds is 6. The number of aryl methyl sites for hydroxylation is 1. The molecule has 1 aliphatic heterocycles. The average molecular weight is 454 g/mol. The molecule has 2 heterocycles. The largest absolute Gasteiger partial charge is 0.484 e. The Morgan fingerprint density at radius 2 is 2.00 bits per heavy atom. The molecule has 0 spiro atoms. The van der Waals surface area contributed by atoms with Crippen LogP contribution in [0.15, 0.2) is 36.5 Å². The third-order valence-corrected chi connectivity index (χ3v) is 5.85. The molecule has 0 unspecified atom stereocenters. The van der Waals surface area contributed by atoms with Crippen molar-refractivity contribution in [2.75, 3.05) is 18.4 Å². The molecule has 7 nitrogen and oxygen atoms in total. The van der Waals surface area contributed by atoms with Gasteiger partial charge in [0.15, 0.2) is 6.10 Å². The normalized spacial score (nSPS) is 19.5. The number of piperidine rings is 1. The summed E-state index contributed by atoms with van der Waals surface area (Å²) in [5.74, 6) is -2.96. The predicted octanol–water partition coefficient (Wildman–Crippen LogP) is 3.93. The Hall–Kier alpha value is -3.54. The Morgan fingerprint density at radius 1 is 1.24 bits per heavy atom. The van der Waals surface area contributed by atoms with Crippen LogP contribution in [-0.2, 0) is 9.59 Å². The van der Waals surface area contributed by atoms with E-state index in [9.17, 15) is 18.4 Å². The van der Waals surface area contributed by atoms with Gasteiger partial charge in [0.2, 0.25) is 11.8 Å². The third-order valence-electron chi connectivity index (χ3n) is 5.85. The van der Waals surface area contributed by atoms with Crippen LogP contribution < -0.4 is 10.1 Å². The molecule has 172 valence electrons. The van der Waals surface area contributed by atoms with E-state index < -0.39 is 30.9 Å². The lowest BCUT2D eigenvalue weighted by molar-refractivity contribution is -0.159. The average Bonchev–Trinajstić information content (AvgIpc) is 3.62. The zero-order chi connectivity index (χ0) is 23.6. The second kappa shape index (κ2) is 9.14. The van der Waals surface area contributed by atoms with Gasteiger partial charge in [-0.25, -0.2) is 13.8 Å². The van der Waals surface area contributed by atoms with Gasteiger partial charge < -0.3 is 15.0 Å². The molecule has 1 aromatic carbocycles. The smallest absolute Gasteiger partial charge is 0.301 e. The number of alkyl halides is 2. The molecule has 1 atom stereocenters. The number of amides is 2. The van der Waals surface area contributed by atoms with Gasteiger partial charge in [0.05, 0.1) is 12.6 Å². The summed E-state index contributed by atoms with van der Waals surface area (Å²) in [7, 11) is 0. The fraction of sp³-hybridized carbons (Fsp3) is 0.417. The van der Waals surface area contributed by atoms with Crippen LogP contribution in [0, 0.1) is 24.2 Å². The van der Waals surface area contributed by atoms with Crippen molar-refractivity contribution in [2.45, 2.75) is 44.6 Å². The lowest BCUT2D eigenvalue weighted by Gasteiger charge is -2.38. The summed E-state index contributed by atoms with van der Waals surface area (Å²) < 4.78 is 35.0. The fourth-order valence-corrected chi connectivity index (χ4v) is 3.82. The highest BCUT2D eigenvalue weighted by Crippen LogP contribution is 2.34. The molecule has 9 heteroatoms. The summed E-state index contributed by atoms with van der Waals surface area (Å²) in [5, 5.41) is 11.4. The molecule has 4 rings (SSSR count). The van der Waals surface area contributed by atoms with Crippen LogP contribution in [0.4, 0.5) is 14.6 Å². The van der Waals surface area contributed by atoms with Gasteiger partial charge in [0.25, 0.3) is 0 Å². The summed E-state index contributed by atoms with van der Waals surface area (Å²) in [4.78, 5) is 29.0. The van der Waals surface area contributed by atoms with Crippen molar-refractivity contribution < 1.29 is 23.1 Å². The molecule has 2 fully saturated rings. The number of likely N-dealkylation sites (tertiary alicyclic amines) is 1. The minimum absolute atomic E-state index is 0.0270. The number of anilines is 1. The summed E-state index contributed by atoms with van der Waals surface area (Å²) in [6.45, 7) is 1.13. The van der Waals surface area contributed by atoms with Gasteiger partial charge in [-0.1, -0.05) is 6.07 Å². The van der Waals surface area contributed by atoms with Gasteiger partial charge in [0.1, 0.15) is 18.0 Å². The Morgan fingerprint density at radius 3 is 2.67 bits per heavy atom. The van der Waals surface area contributed by atoms with Gasteiger partial charge in [0, 0.05) is 25.1 Å². The Labute approximate surface area is 190 Å². The van der Waals surface area contributed by atoms with Gasteiger partial charge >= 0.3 is 5.92 Å². The first-order valence-corrected chi connectivity index (χ1v) is 10.8. The van der Waals surface area contributed by atoms with Crippen LogP contribution in [0.3, 0.4) is 0 Å². The number of benzene rings is 1. The molecule has 1 N–H and O–H groups in total. The summed E-state index contributed by atoms with van der Waals surface area (Å²) in [6.07, 6.45) is 1.61. The number of aromatic nitrogens is 1. The molecule has 1 aliphatic carbocycles. The molecule has 2 aromatic rings. The maximum absolute atomic E-state index is 14.6. The number of halogens is 2. The number of hydrogen-bond donors (Lipinski definition) is 1. The fourth-order valence-electron chi connectivity index (χ4n) is 3.82. The molecule has 33 heavy (non-hydrogen) atoms. The minimum atomic E-state index is -3.23. The van der Waals surface area contributed by atoms with Crippen molar-refractivity contribution in [1.29, 1.82) is 5.26 Å². The molecule has 0 radical (unpaired) electrons. The number of carbonyl (C=O) groups excluding carboxylic acids is 2. The summed E-state index contributed by atoms with van der Waals surface area (Å²) >= 11 is 0. The van der Waals surface area contributed by atoms with Crippen molar-refractivity contribution >= 4 is 17.6 Å². The molecular weight excluding hydrogens is 430 g/mol. The van der Waals surface area contributed by atoms with Gasteiger partial charge in [-0.15, -0.1) is 0 Å². The lowest BCUT2D eigenvalue weighted by atomic mass is 10.0. The van der Waals surface area contributed by atoms with Crippen LogP contribution in [0.1, 0.15) is 31.2 Å². The second-order valence-corrected chi connectivity index (χ2v) is 8.48. The van der Waals surface area contributed by atoms with E-state index in [1.807, 2.05) is 12.1 Å². The van der Waals surface area contributed by atoms with Crippen LogP contribution in [0.5, 0.6) is 5.75 Å². The van der Waals surface area contributed by atoms with Crippen molar-refractivity contribution in [3.05, 3.63) is 42.1 Å². The van der Waals surface area contributed by atoms with E-state index in [0.29, 0.717) is 17.1 Å². The maximum atomic E-state index is 14.6. The van der Waals surface area contributed by atoms with E-state index in [0.717, 1.165) is 28.9 Å². The van der Waals surface area contributed by atoms with Crippen molar-refractivity contribution in [3.8, 4) is 22.9 Å². The van der Waals surface area contributed by atoms with Crippen LogP contribution in [0.2, 0.25) is 0 Å². The first-order valence-electron chi connectivity index (χ1n) is 10.8. The van der Waals surface area contributed by atoms with Crippen molar-refractivity contribution in [1.82, 2.24) is 9.88 Å². The molecule has 0 bridgehead atoms. The van der Waals surface area contributed by atoms with E-state index in [1.54, 1.807) is 37.4 Å². The SMILES string of the molecule is Cc1cc(-c2ccnc(NC(=O)C3CC3)c2)ccc1O[C@H]1CCN(C(=O)CC#N)CC1(F)F. The predicted molar refractivity (Wildman–Crippen MR) is 117 cm³/mol. The second-order valence-electron chi connectivity index (χ2n) is 8.48. The molecule has 1 saturated carbocycles. The van der Waals surface area contributed by atoms with Crippen molar-refractivity contribution in [2.24, 2.45) is 5.92 Å². The topological polar surface area (TPSA) is 95.3 Å². The standard InChI is InChI=1S/C24H24F2N4O3/c1-15-12-17(18-7-10-28-21(13-18)29-23(32)16-2-3-16)4-5-19(15)33-20-8-11-30(14-24(20,25)26)22(31)6-9-27/h4-5,7,10,12-13,16,20H,2-3,6,8,11,14H2,1H3,(H,28,29,32)/t20-/m0/s1. The molecule has 1 aromatic heterocycles. The van der Waals surface area contributed by atoms with Crippen molar-refractivity contribution in [3.63, 3.8) is 0 Å². The van der Waals surface area contributed by atoms with Gasteiger partial charge in [-0.3, -0.25) is 9.59 Å². The molecular formula is C24H24F2N4O3. The number of nitrogens with zero attached hydrogens (tertiary/aromatic N) is 3. The first kappa shape index (κ1) is 22.6. The lowest BCUT2D eigenvalue weighted by Crippen LogP contribution is -2.55. The van der Waals surface area contributed by atoms with Crippen LogP contribution in [-0.4, -0.2) is 46.8 Å². The van der Waals surface area contributed by atoms with E-state index in [4.69, 9.17) is 10.00 Å². The maximum Gasteiger partial charge on any atom is 0.301 e. The summed E-state index contributed by atoms with van der Waals surface area (Å²) in [5.41, 5.74) is 2.36. The highest BCUT2D eigenvalue weighted by Gasteiger charge is 2.47. The number of carbonyl (C=O) groups is 2. The Balaban J connectivity index is 1.44.